The highest BCUT2D eigenvalue weighted by molar-refractivity contribution is 7.13. The maximum absolute atomic E-state index is 6.05. The van der Waals surface area contributed by atoms with Crippen LogP contribution < -0.4 is 0 Å². The molecule has 3 rings (SSSR count). The van der Waals surface area contributed by atoms with Crippen LogP contribution in [0.5, 0.6) is 0 Å². The zero-order valence-corrected chi connectivity index (χ0v) is 13.3. The molecule has 0 N–H and O–H groups in total. The molecular weight excluding hydrogens is 300 g/mol. The van der Waals surface area contributed by atoms with Crippen LogP contribution >= 0.6 is 22.9 Å². The summed E-state index contributed by atoms with van der Waals surface area (Å²) in [4.78, 5) is 9.00. The van der Waals surface area contributed by atoms with Crippen molar-refractivity contribution in [3.63, 3.8) is 0 Å². The molecule has 0 unspecified atom stereocenters. The molecule has 106 valence electrons. The summed E-state index contributed by atoms with van der Waals surface area (Å²) < 4.78 is 0. The number of hydrogen-bond donors (Lipinski definition) is 0. The molecule has 0 amide bonds. The van der Waals surface area contributed by atoms with E-state index in [0.29, 0.717) is 0 Å². The van der Waals surface area contributed by atoms with Crippen LogP contribution in [0.1, 0.15) is 18.9 Å². The van der Waals surface area contributed by atoms with Gasteiger partial charge in [0.25, 0.3) is 0 Å². The van der Waals surface area contributed by atoms with Crippen molar-refractivity contribution >= 4 is 22.9 Å². The van der Waals surface area contributed by atoms with Gasteiger partial charge in [0.2, 0.25) is 0 Å². The fourth-order valence-electron chi connectivity index (χ4n) is 2.28. The van der Waals surface area contributed by atoms with Crippen LogP contribution in [-0.4, -0.2) is 9.97 Å². The fourth-order valence-corrected chi connectivity index (χ4v) is 3.35. The minimum absolute atomic E-state index is 0.732. The van der Waals surface area contributed by atoms with E-state index in [4.69, 9.17) is 16.6 Å². The van der Waals surface area contributed by atoms with Gasteiger partial charge in [0.05, 0.1) is 5.69 Å². The maximum Gasteiger partial charge on any atom is 0.125 e. The summed E-state index contributed by atoms with van der Waals surface area (Å²) in [6.45, 7) is 2.18. The molecule has 0 aliphatic heterocycles. The van der Waals surface area contributed by atoms with Crippen LogP contribution in [0.25, 0.3) is 21.8 Å². The zero-order valence-electron chi connectivity index (χ0n) is 11.7. The molecule has 0 saturated heterocycles. The number of halogens is 1. The number of thiazole rings is 1. The van der Waals surface area contributed by atoms with Crippen molar-refractivity contribution in [1.29, 1.82) is 0 Å². The van der Waals surface area contributed by atoms with E-state index in [1.165, 1.54) is 5.56 Å². The monoisotopic (exact) mass is 314 g/mol. The highest BCUT2D eigenvalue weighted by Crippen LogP contribution is 2.31. The summed E-state index contributed by atoms with van der Waals surface area (Å²) in [6.07, 6.45) is 5.92. The van der Waals surface area contributed by atoms with Crippen LogP contribution in [-0.2, 0) is 6.42 Å². The number of nitrogens with zero attached hydrogens (tertiary/aromatic N) is 2. The molecule has 2 aromatic heterocycles. The van der Waals surface area contributed by atoms with Crippen molar-refractivity contribution in [2.45, 2.75) is 19.8 Å². The van der Waals surface area contributed by atoms with E-state index in [1.807, 2.05) is 36.7 Å². The van der Waals surface area contributed by atoms with Crippen molar-refractivity contribution in [2.75, 3.05) is 0 Å². The Labute approximate surface area is 133 Å². The summed E-state index contributed by atoms with van der Waals surface area (Å²) in [6, 6.07) is 9.87. The van der Waals surface area contributed by atoms with Crippen LogP contribution in [0.15, 0.2) is 48.1 Å². The van der Waals surface area contributed by atoms with Gasteiger partial charge in [-0.05, 0) is 30.2 Å². The Kier molecular flexibility index (Phi) is 4.32. The lowest BCUT2D eigenvalue weighted by Crippen LogP contribution is -1.90. The second-order valence-electron chi connectivity index (χ2n) is 4.83. The average molecular weight is 315 g/mol. The normalized spacial score (nSPS) is 10.8. The van der Waals surface area contributed by atoms with Crippen molar-refractivity contribution < 1.29 is 0 Å². The Morgan fingerprint density at radius 3 is 2.95 bits per heavy atom. The fraction of sp³-hybridized carbons (Fsp3) is 0.176. The lowest BCUT2D eigenvalue weighted by Gasteiger charge is -2.04. The van der Waals surface area contributed by atoms with E-state index in [9.17, 15) is 0 Å². The smallest absolute Gasteiger partial charge is 0.125 e. The van der Waals surface area contributed by atoms with Gasteiger partial charge in [-0.3, -0.25) is 4.98 Å². The van der Waals surface area contributed by atoms with Gasteiger partial charge in [-0.2, -0.15) is 0 Å². The Bertz CT molecular complexity index is 752. The number of benzene rings is 1. The first kappa shape index (κ1) is 14.2. The quantitative estimate of drug-likeness (QED) is 0.637. The molecule has 0 aliphatic carbocycles. The molecule has 2 heterocycles. The largest absolute Gasteiger partial charge is 0.264 e. The Balaban J connectivity index is 1.99. The van der Waals surface area contributed by atoms with Gasteiger partial charge in [0.1, 0.15) is 5.01 Å². The average Bonchev–Trinajstić information content (AvgIpc) is 2.98. The van der Waals surface area contributed by atoms with Crippen molar-refractivity contribution in [3.05, 3.63) is 58.7 Å². The predicted octanol–water partition coefficient (Wildman–Crippen LogP) is 5.48. The first-order valence-electron chi connectivity index (χ1n) is 6.92. The van der Waals surface area contributed by atoms with E-state index in [1.54, 1.807) is 11.3 Å². The van der Waals surface area contributed by atoms with Crippen LogP contribution in [0, 0.1) is 0 Å². The van der Waals surface area contributed by atoms with Gasteiger partial charge in [-0.15, -0.1) is 11.3 Å². The third-order valence-electron chi connectivity index (χ3n) is 3.29. The van der Waals surface area contributed by atoms with Gasteiger partial charge in [0.15, 0.2) is 0 Å². The highest BCUT2D eigenvalue weighted by atomic mass is 35.5. The van der Waals surface area contributed by atoms with E-state index >= 15 is 0 Å². The van der Waals surface area contributed by atoms with E-state index in [2.05, 4.69) is 23.4 Å². The first-order chi connectivity index (χ1) is 10.3. The number of rotatable bonds is 4. The van der Waals surface area contributed by atoms with E-state index in [-0.39, 0.29) is 0 Å². The summed E-state index contributed by atoms with van der Waals surface area (Å²) in [5.74, 6) is 0. The van der Waals surface area contributed by atoms with Gasteiger partial charge in [-0.1, -0.05) is 37.1 Å². The van der Waals surface area contributed by atoms with Gasteiger partial charge in [-0.25, -0.2) is 4.98 Å². The van der Waals surface area contributed by atoms with E-state index < -0.39 is 0 Å². The minimum Gasteiger partial charge on any atom is -0.264 e. The molecular formula is C17H15ClN2S. The predicted molar refractivity (Wildman–Crippen MR) is 89.8 cm³/mol. The molecule has 0 atom stereocenters. The Morgan fingerprint density at radius 1 is 1.24 bits per heavy atom. The van der Waals surface area contributed by atoms with Gasteiger partial charge < -0.3 is 0 Å². The molecule has 21 heavy (non-hydrogen) atoms. The molecule has 0 aliphatic rings. The molecule has 0 bridgehead atoms. The lowest BCUT2D eigenvalue weighted by atomic mass is 10.1. The summed E-state index contributed by atoms with van der Waals surface area (Å²) in [7, 11) is 0. The molecule has 0 spiro atoms. The molecule has 0 saturated carbocycles. The number of aromatic nitrogens is 2. The number of aryl methyl sites for hydroxylation is 1. The van der Waals surface area contributed by atoms with Crippen molar-refractivity contribution in [1.82, 2.24) is 9.97 Å². The van der Waals surface area contributed by atoms with E-state index in [0.717, 1.165) is 39.7 Å². The first-order valence-corrected chi connectivity index (χ1v) is 8.18. The maximum atomic E-state index is 6.05. The molecule has 0 radical (unpaired) electrons. The number of hydrogen-bond acceptors (Lipinski definition) is 3. The van der Waals surface area contributed by atoms with Gasteiger partial charge >= 0.3 is 0 Å². The van der Waals surface area contributed by atoms with Crippen molar-refractivity contribution in [2.24, 2.45) is 0 Å². The standard InChI is InChI=1S/C17H15ClN2S/c1-2-4-12-7-8-19-10-15(12)17-20-16(11-21-17)13-5-3-6-14(18)9-13/h3,5-11H,2,4H2,1H3. The third kappa shape index (κ3) is 3.14. The molecule has 0 fully saturated rings. The SMILES string of the molecule is CCCc1ccncc1-c1nc(-c2cccc(Cl)c2)cs1. The van der Waals surface area contributed by atoms with Crippen LogP contribution in [0.2, 0.25) is 5.02 Å². The molecule has 4 heteroatoms. The van der Waals surface area contributed by atoms with Crippen LogP contribution in [0.3, 0.4) is 0 Å². The lowest BCUT2D eigenvalue weighted by molar-refractivity contribution is 0.920. The summed E-state index contributed by atoms with van der Waals surface area (Å²) >= 11 is 7.70. The third-order valence-corrected chi connectivity index (χ3v) is 4.40. The van der Waals surface area contributed by atoms with Crippen LogP contribution in [0.4, 0.5) is 0 Å². The molecule has 1 aromatic carbocycles. The Morgan fingerprint density at radius 2 is 2.14 bits per heavy atom. The minimum atomic E-state index is 0.732. The van der Waals surface area contributed by atoms with Crippen molar-refractivity contribution in [3.8, 4) is 21.8 Å². The highest BCUT2D eigenvalue weighted by Gasteiger charge is 2.10. The second-order valence-corrected chi connectivity index (χ2v) is 6.13. The Hall–Kier alpha value is -1.71. The summed E-state index contributed by atoms with van der Waals surface area (Å²) in [5, 5.41) is 3.82. The second kappa shape index (κ2) is 6.37. The topological polar surface area (TPSA) is 25.8 Å². The number of pyridine rings is 1. The van der Waals surface area contributed by atoms with Gasteiger partial charge in [0, 0.05) is 33.9 Å². The summed E-state index contributed by atoms with van der Waals surface area (Å²) in [5.41, 5.74) is 4.45. The molecule has 2 nitrogen and oxygen atoms in total. The zero-order chi connectivity index (χ0) is 14.7. The molecule has 3 aromatic rings.